The van der Waals surface area contributed by atoms with Crippen LogP contribution in [0.25, 0.3) is 0 Å². The molecular formula is C68H129NO8. The van der Waals surface area contributed by atoms with Crippen molar-refractivity contribution in [1.82, 2.24) is 5.32 Å². The number of carbonyl (C=O) groups is 1. The number of hydrogen-bond donors (Lipinski definition) is 6. The fraction of sp³-hybridized carbons (Fsp3) is 0.897. The molecule has 0 aromatic carbocycles. The van der Waals surface area contributed by atoms with Gasteiger partial charge in [-0.25, -0.2) is 0 Å². The molecule has 0 bridgehead atoms. The van der Waals surface area contributed by atoms with Crippen LogP contribution >= 0.6 is 0 Å². The van der Waals surface area contributed by atoms with Gasteiger partial charge in [0.15, 0.2) is 6.29 Å². The van der Waals surface area contributed by atoms with Crippen molar-refractivity contribution in [2.24, 2.45) is 0 Å². The van der Waals surface area contributed by atoms with Crippen molar-refractivity contribution in [1.29, 1.82) is 0 Å². The Morgan fingerprint density at radius 2 is 0.766 bits per heavy atom. The molecule has 1 fully saturated rings. The minimum Gasteiger partial charge on any atom is -0.394 e. The van der Waals surface area contributed by atoms with E-state index >= 15 is 0 Å². The van der Waals surface area contributed by atoms with Gasteiger partial charge >= 0.3 is 0 Å². The van der Waals surface area contributed by atoms with Gasteiger partial charge in [0, 0.05) is 6.42 Å². The molecule has 0 aromatic heterocycles. The molecule has 9 nitrogen and oxygen atoms in total. The monoisotopic (exact) mass is 1090 g/mol. The minimum atomic E-state index is -1.56. The Balaban J connectivity index is 2.12. The van der Waals surface area contributed by atoms with E-state index in [0.717, 1.165) is 64.2 Å². The fourth-order valence-corrected chi connectivity index (χ4v) is 10.9. The lowest BCUT2D eigenvalue weighted by atomic mass is 9.99. The van der Waals surface area contributed by atoms with Gasteiger partial charge in [-0.3, -0.25) is 4.79 Å². The second kappa shape index (κ2) is 57.6. The number of aliphatic hydroxyl groups is 5. The molecule has 0 spiro atoms. The normalized spacial score (nSPS) is 18.9. The molecule has 0 radical (unpaired) electrons. The topological polar surface area (TPSA) is 149 Å². The van der Waals surface area contributed by atoms with Gasteiger partial charge in [-0.15, -0.1) is 0 Å². The van der Waals surface area contributed by atoms with Crippen LogP contribution in [0.15, 0.2) is 36.5 Å². The Kier molecular flexibility index (Phi) is 55.0. The average Bonchev–Trinajstić information content (AvgIpc) is 3.43. The van der Waals surface area contributed by atoms with Gasteiger partial charge < -0.3 is 40.3 Å². The Labute approximate surface area is 476 Å². The van der Waals surface area contributed by atoms with Gasteiger partial charge in [-0.1, -0.05) is 314 Å². The van der Waals surface area contributed by atoms with Crippen molar-refractivity contribution < 1.29 is 39.8 Å². The molecule has 1 amide bonds. The van der Waals surface area contributed by atoms with E-state index < -0.39 is 49.5 Å². The predicted molar refractivity (Wildman–Crippen MR) is 327 cm³/mol. The SMILES string of the molecule is CCCCCCC/C=C\C/C=C\C/C=C\CCCCCCCCC(=O)NC(COC1OC(CO)C(O)C(O)C1O)C(O)CCCCCCCCCCCCCCCCCCCCCCCCCCCCCCCCCCC. The number of aliphatic hydroxyl groups excluding tert-OH is 5. The first-order valence-electron chi connectivity index (χ1n) is 33.7. The third kappa shape index (κ3) is 46.7. The third-order valence-electron chi connectivity index (χ3n) is 16.2. The Morgan fingerprint density at radius 1 is 0.442 bits per heavy atom. The summed E-state index contributed by atoms with van der Waals surface area (Å²) in [6.45, 7) is 3.86. The summed E-state index contributed by atoms with van der Waals surface area (Å²) in [6.07, 6.45) is 69.2. The van der Waals surface area contributed by atoms with Gasteiger partial charge in [0.05, 0.1) is 25.4 Å². The zero-order valence-corrected chi connectivity index (χ0v) is 50.7. The predicted octanol–water partition coefficient (Wildman–Crippen LogP) is 17.9. The second-order valence-electron chi connectivity index (χ2n) is 23.6. The molecule has 77 heavy (non-hydrogen) atoms. The molecule has 1 saturated heterocycles. The van der Waals surface area contributed by atoms with Crippen molar-refractivity contribution in [2.45, 2.75) is 378 Å². The quantitative estimate of drug-likeness (QED) is 0.0261. The Morgan fingerprint density at radius 3 is 1.13 bits per heavy atom. The van der Waals surface area contributed by atoms with Crippen molar-refractivity contribution in [3.8, 4) is 0 Å². The highest BCUT2D eigenvalue weighted by Crippen LogP contribution is 2.24. The summed E-state index contributed by atoms with van der Waals surface area (Å²) in [4.78, 5) is 13.1. The van der Waals surface area contributed by atoms with Crippen LogP contribution in [0, 0.1) is 0 Å². The standard InChI is InChI=1S/C68H129NO8/c1-3-5-7-9-11-13-15-17-19-21-23-25-26-27-28-29-30-31-32-33-34-35-36-38-39-41-43-45-47-49-51-53-55-57-62(71)61(60-76-68-67(75)66(74)65(73)63(59-70)77-68)69-64(72)58-56-54-52-50-48-46-44-42-40-37-24-22-20-18-16-14-12-10-8-6-4-2/h16,18,22,24,40,42,61-63,65-68,70-71,73-75H,3-15,17,19-21,23,25-39,41,43-60H2,1-2H3,(H,69,72)/b18-16-,24-22-,42-40-. The zero-order valence-electron chi connectivity index (χ0n) is 50.7. The molecule has 1 aliphatic heterocycles. The molecule has 0 aliphatic carbocycles. The molecule has 6 N–H and O–H groups in total. The summed E-state index contributed by atoms with van der Waals surface area (Å²) in [5.41, 5.74) is 0. The summed E-state index contributed by atoms with van der Waals surface area (Å²) >= 11 is 0. The molecule has 0 saturated carbocycles. The van der Waals surface area contributed by atoms with Crippen LogP contribution in [0.3, 0.4) is 0 Å². The van der Waals surface area contributed by atoms with E-state index in [1.54, 1.807) is 0 Å². The van der Waals surface area contributed by atoms with Crippen LogP contribution in [0.5, 0.6) is 0 Å². The Bertz CT molecular complexity index is 1310. The van der Waals surface area contributed by atoms with Gasteiger partial charge in [0.1, 0.15) is 24.4 Å². The molecule has 7 atom stereocenters. The maximum absolute atomic E-state index is 13.1. The summed E-state index contributed by atoms with van der Waals surface area (Å²) in [7, 11) is 0. The number of unbranched alkanes of at least 4 members (excludes halogenated alkanes) is 43. The highest BCUT2D eigenvalue weighted by molar-refractivity contribution is 5.76. The number of nitrogens with one attached hydrogen (secondary N) is 1. The molecule has 0 aromatic rings. The van der Waals surface area contributed by atoms with Crippen LogP contribution in [-0.4, -0.2) is 87.5 Å². The molecule has 454 valence electrons. The number of amides is 1. The summed E-state index contributed by atoms with van der Waals surface area (Å²) < 4.78 is 11.3. The largest absolute Gasteiger partial charge is 0.394 e. The molecule has 7 unspecified atom stereocenters. The van der Waals surface area contributed by atoms with E-state index in [0.29, 0.717) is 12.8 Å². The maximum Gasteiger partial charge on any atom is 0.220 e. The zero-order chi connectivity index (χ0) is 55.8. The van der Waals surface area contributed by atoms with E-state index in [-0.39, 0.29) is 12.5 Å². The first-order valence-corrected chi connectivity index (χ1v) is 33.7. The van der Waals surface area contributed by atoms with Crippen LogP contribution in [0.4, 0.5) is 0 Å². The van der Waals surface area contributed by atoms with Gasteiger partial charge in [0.2, 0.25) is 5.91 Å². The summed E-state index contributed by atoms with van der Waals surface area (Å²) in [5.74, 6) is -0.152. The van der Waals surface area contributed by atoms with Crippen LogP contribution in [0.2, 0.25) is 0 Å². The van der Waals surface area contributed by atoms with Crippen molar-refractivity contribution in [2.75, 3.05) is 13.2 Å². The van der Waals surface area contributed by atoms with Crippen molar-refractivity contribution in [3.63, 3.8) is 0 Å². The van der Waals surface area contributed by atoms with E-state index in [9.17, 15) is 30.3 Å². The molecular weight excluding hydrogens is 959 g/mol. The maximum atomic E-state index is 13.1. The van der Waals surface area contributed by atoms with Crippen molar-refractivity contribution in [3.05, 3.63) is 36.5 Å². The molecule has 1 heterocycles. The average molecular weight is 1090 g/mol. The lowest BCUT2D eigenvalue weighted by Crippen LogP contribution is -2.60. The van der Waals surface area contributed by atoms with Gasteiger partial charge in [-0.2, -0.15) is 0 Å². The molecule has 9 heteroatoms. The third-order valence-corrected chi connectivity index (χ3v) is 16.2. The van der Waals surface area contributed by atoms with E-state index in [1.807, 2.05) is 0 Å². The summed E-state index contributed by atoms with van der Waals surface area (Å²) in [5, 5.41) is 54.9. The second-order valence-corrected chi connectivity index (χ2v) is 23.6. The van der Waals surface area contributed by atoms with E-state index in [4.69, 9.17) is 9.47 Å². The first kappa shape index (κ1) is 73.4. The van der Waals surface area contributed by atoms with E-state index in [1.165, 1.54) is 244 Å². The van der Waals surface area contributed by atoms with Crippen LogP contribution in [0.1, 0.15) is 335 Å². The summed E-state index contributed by atoms with van der Waals surface area (Å²) in [6, 6.07) is -0.728. The van der Waals surface area contributed by atoms with Crippen LogP contribution in [-0.2, 0) is 14.3 Å². The molecule has 1 aliphatic rings. The smallest absolute Gasteiger partial charge is 0.220 e. The number of rotatable bonds is 59. The molecule has 1 rings (SSSR count). The first-order chi connectivity index (χ1) is 37.8. The number of allylic oxidation sites excluding steroid dienone is 6. The Hall–Kier alpha value is -1.59. The van der Waals surface area contributed by atoms with E-state index in [2.05, 4.69) is 55.6 Å². The van der Waals surface area contributed by atoms with Crippen molar-refractivity contribution >= 4 is 5.91 Å². The lowest BCUT2D eigenvalue weighted by molar-refractivity contribution is -0.302. The number of hydrogen-bond acceptors (Lipinski definition) is 8. The highest BCUT2D eigenvalue weighted by Gasteiger charge is 2.44. The minimum absolute atomic E-state index is 0.142. The van der Waals surface area contributed by atoms with Crippen LogP contribution < -0.4 is 5.32 Å². The highest BCUT2D eigenvalue weighted by atomic mass is 16.7. The lowest BCUT2D eigenvalue weighted by Gasteiger charge is -2.40. The van der Waals surface area contributed by atoms with Gasteiger partial charge in [-0.05, 0) is 51.4 Å². The van der Waals surface area contributed by atoms with Gasteiger partial charge in [0.25, 0.3) is 0 Å². The number of carbonyl (C=O) groups excluding carboxylic acids is 1. The fourth-order valence-electron chi connectivity index (χ4n) is 10.9. The number of ether oxygens (including phenoxy) is 2.